The Morgan fingerprint density at radius 2 is 1.85 bits per heavy atom. The van der Waals surface area contributed by atoms with Gasteiger partial charge in [0.1, 0.15) is 0 Å². The summed E-state index contributed by atoms with van der Waals surface area (Å²) in [4.78, 5) is 14.0. The zero-order valence-corrected chi connectivity index (χ0v) is 15.4. The average molecular weight is 378 g/mol. The maximum atomic E-state index is 12.5. The molecule has 2 rings (SSSR count). The van der Waals surface area contributed by atoms with Crippen molar-refractivity contribution in [1.82, 2.24) is 4.90 Å². The first kappa shape index (κ1) is 20.6. The molecule has 0 aromatic heterocycles. The third-order valence-corrected chi connectivity index (χ3v) is 3.99. The molecule has 0 aliphatic carbocycles. The van der Waals surface area contributed by atoms with E-state index in [2.05, 4.69) is 4.74 Å². The lowest BCUT2D eigenvalue weighted by molar-refractivity contribution is -0.130. The molecular formula is C20H24F2N2O3. The van der Waals surface area contributed by atoms with Crippen LogP contribution in [0, 0.1) is 0 Å². The van der Waals surface area contributed by atoms with E-state index in [0.717, 1.165) is 11.1 Å². The minimum atomic E-state index is -2.93. The third-order valence-electron chi connectivity index (χ3n) is 3.99. The van der Waals surface area contributed by atoms with E-state index in [-0.39, 0.29) is 29.9 Å². The topological polar surface area (TPSA) is 64.8 Å². The number of carbonyl (C=O) groups excluding carboxylic acids is 1. The molecule has 0 heterocycles. The summed E-state index contributed by atoms with van der Waals surface area (Å²) in [6.07, 6.45) is 0.172. The summed E-state index contributed by atoms with van der Waals surface area (Å²) in [6, 6.07) is 13.7. The van der Waals surface area contributed by atoms with Crippen molar-refractivity contribution in [3.63, 3.8) is 0 Å². The van der Waals surface area contributed by atoms with Gasteiger partial charge in [-0.15, -0.1) is 0 Å². The number of rotatable bonds is 9. The van der Waals surface area contributed by atoms with E-state index in [9.17, 15) is 13.6 Å². The van der Waals surface area contributed by atoms with Crippen LogP contribution in [0.15, 0.2) is 48.5 Å². The van der Waals surface area contributed by atoms with Crippen LogP contribution in [0.4, 0.5) is 8.78 Å². The molecule has 2 N–H and O–H groups in total. The third kappa shape index (κ3) is 6.21. The molecule has 0 spiro atoms. The lowest BCUT2D eigenvalue weighted by atomic mass is 10.0. The predicted octanol–water partition coefficient (Wildman–Crippen LogP) is 3.74. The summed E-state index contributed by atoms with van der Waals surface area (Å²) in [5.74, 6) is 0.0741. The first-order valence-electron chi connectivity index (χ1n) is 8.65. The maximum Gasteiger partial charge on any atom is 0.387 e. The quantitative estimate of drug-likeness (QED) is 0.722. The van der Waals surface area contributed by atoms with Gasteiger partial charge in [0.25, 0.3) is 0 Å². The van der Waals surface area contributed by atoms with Gasteiger partial charge in [-0.1, -0.05) is 36.4 Å². The fourth-order valence-electron chi connectivity index (χ4n) is 2.64. The van der Waals surface area contributed by atoms with Gasteiger partial charge in [-0.2, -0.15) is 8.78 Å². The van der Waals surface area contributed by atoms with Crippen LogP contribution in [0.1, 0.15) is 30.5 Å². The second kappa shape index (κ2) is 9.87. The molecule has 0 radical (unpaired) electrons. The van der Waals surface area contributed by atoms with E-state index >= 15 is 0 Å². The molecule has 0 aliphatic rings. The molecule has 0 bridgehead atoms. The Balaban J connectivity index is 2.02. The van der Waals surface area contributed by atoms with Crippen molar-refractivity contribution in [1.29, 1.82) is 0 Å². The summed E-state index contributed by atoms with van der Waals surface area (Å²) in [5, 5.41) is 0. The number of carbonyl (C=O) groups is 1. The molecule has 0 saturated heterocycles. The van der Waals surface area contributed by atoms with Gasteiger partial charge in [-0.25, -0.2) is 0 Å². The molecule has 1 amide bonds. The number of amides is 1. The number of nitrogens with zero attached hydrogens (tertiary/aromatic N) is 1. The SMILES string of the molecule is CCOc1cc(CN(C)C(=O)CC(N)c2ccccc2)ccc1OC(F)F. The second-order valence-electron chi connectivity index (χ2n) is 6.06. The van der Waals surface area contributed by atoms with E-state index in [1.54, 1.807) is 31.0 Å². The van der Waals surface area contributed by atoms with Gasteiger partial charge in [0, 0.05) is 26.1 Å². The highest BCUT2D eigenvalue weighted by atomic mass is 19.3. The first-order chi connectivity index (χ1) is 12.9. The lowest BCUT2D eigenvalue weighted by Gasteiger charge is -2.21. The Hall–Kier alpha value is -2.67. The fourth-order valence-corrected chi connectivity index (χ4v) is 2.64. The Morgan fingerprint density at radius 1 is 1.15 bits per heavy atom. The number of hydrogen-bond acceptors (Lipinski definition) is 4. The number of halogens is 2. The maximum absolute atomic E-state index is 12.5. The zero-order valence-electron chi connectivity index (χ0n) is 15.4. The molecule has 0 saturated carbocycles. The minimum absolute atomic E-state index is 0.0318. The van der Waals surface area contributed by atoms with Crippen molar-refractivity contribution in [2.45, 2.75) is 32.5 Å². The van der Waals surface area contributed by atoms with Crippen LogP contribution in [0.3, 0.4) is 0 Å². The van der Waals surface area contributed by atoms with Crippen molar-refractivity contribution in [3.05, 3.63) is 59.7 Å². The smallest absolute Gasteiger partial charge is 0.387 e. The summed E-state index contributed by atoms with van der Waals surface area (Å²) in [5.41, 5.74) is 7.74. The van der Waals surface area contributed by atoms with Gasteiger partial charge in [-0.05, 0) is 30.2 Å². The Bertz CT molecular complexity index is 741. The van der Waals surface area contributed by atoms with Gasteiger partial charge in [0.2, 0.25) is 5.91 Å². The van der Waals surface area contributed by atoms with Crippen LogP contribution in [-0.2, 0) is 11.3 Å². The molecule has 0 aliphatic heterocycles. The zero-order chi connectivity index (χ0) is 19.8. The number of benzene rings is 2. The molecule has 2 aromatic rings. The van der Waals surface area contributed by atoms with E-state index in [4.69, 9.17) is 10.5 Å². The lowest BCUT2D eigenvalue weighted by Crippen LogP contribution is -2.29. The molecule has 27 heavy (non-hydrogen) atoms. The normalized spacial score (nSPS) is 11.9. The van der Waals surface area contributed by atoms with Crippen LogP contribution in [0.25, 0.3) is 0 Å². The van der Waals surface area contributed by atoms with Crippen molar-refractivity contribution in [3.8, 4) is 11.5 Å². The van der Waals surface area contributed by atoms with Crippen LogP contribution >= 0.6 is 0 Å². The Kier molecular flexibility index (Phi) is 7.55. The highest BCUT2D eigenvalue weighted by Crippen LogP contribution is 2.30. The number of alkyl halides is 2. The summed E-state index contributed by atoms with van der Waals surface area (Å²) in [6.45, 7) is -0.572. The Morgan fingerprint density at radius 3 is 2.48 bits per heavy atom. The van der Waals surface area contributed by atoms with Gasteiger partial charge in [0.15, 0.2) is 11.5 Å². The highest BCUT2D eigenvalue weighted by molar-refractivity contribution is 5.76. The van der Waals surface area contributed by atoms with Gasteiger partial charge >= 0.3 is 6.61 Å². The van der Waals surface area contributed by atoms with Crippen molar-refractivity contribution in [2.24, 2.45) is 5.73 Å². The van der Waals surface area contributed by atoms with E-state index in [0.29, 0.717) is 13.2 Å². The van der Waals surface area contributed by atoms with Crippen molar-refractivity contribution >= 4 is 5.91 Å². The summed E-state index contributed by atoms with van der Waals surface area (Å²) >= 11 is 0. The molecule has 146 valence electrons. The fraction of sp³-hybridized carbons (Fsp3) is 0.350. The second-order valence-corrected chi connectivity index (χ2v) is 6.06. The molecule has 2 aromatic carbocycles. The average Bonchev–Trinajstić information content (AvgIpc) is 2.64. The number of nitrogens with two attached hydrogens (primary N) is 1. The number of hydrogen-bond donors (Lipinski definition) is 1. The predicted molar refractivity (Wildman–Crippen MR) is 98.7 cm³/mol. The molecule has 5 nitrogen and oxygen atoms in total. The van der Waals surface area contributed by atoms with E-state index in [1.165, 1.54) is 6.07 Å². The highest BCUT2D eigenvalue weighted by Gasteiger charge is 2.17. The number of ether oxygens (including phenoxy) is 2. The van der Waals surface area contributed by atoms with E-state index in [1.807, 2.05) is 30.3 Å². The summed E-state index contributed by atoms with van der Waals surface area (Å²) < 4.78 is 34.8. The standard InChI is InChI=1S/C20H24F2N2O3/c1-3-26-18-11-14(9-10-17(18)27-20(21)22)13-24(2)19(25)12-16(23)15-7-5-4-6-8-15/h4-11,16,20H,3,12-13,23H2,1-2H3. The van der Waals surface area contributed by atoms with Gasteiger partial charge in [-0.3, -0.25) is 4.79 Å². The summed E-state index contributed by atoms with van der Waals surface area (Å²) in [7, 11) is 1.67. The van der Waals surface area contributed by atoms with Crippen molar-refractivity contribution in [2.75, 3.05) is 13.7 Å². The monoisotopic (exact) mass is 378 g/mol. The molecule has 1 atom stereocenters. The van der Waals surface area contributed by atoms with Gasteiger partial charge < -0.3 is 20.1 Å². The van der Waals surface area contributed by atoms with Crippen LogP contribution in [-0.4, -0.2) is 31.1 Å². The molecule has 0 fully saturated rings. The molecule has 1 unspecified atom stereocenters. The van der Waals surface area contributed by atoms with E-state index < -0.39 is 6.61 Å². The van der Waals surface area contributed by atoms with Crippen LogP contribution in [0.2, 0.25) is 0 Å². The molecule has 7 heteroatoms. The Labute approximate surface area is 157 Å². The molecular weight excluding hydrogens is 354 g/mol. The largest absolute Gasteiger partial charge is 0.490 e. The minimum Gasteiger partial charge on any atom is -0.490 e. The van der Waals surface area contributed by atoms with Gasteiger partial charge in [0.05, 0.1) is 6.61 Å². The van der Waals surface area contributed by atoms with Crippen molar-refractivity contribution < 1.29 is 23.0 Å². The van der Waals surface area contributed by atoms with Crippen LogP contribution < -0.4 is 15.2 Å². The first-order valence-corrected chi connectivity index (χ1v) is 8.65. The van der Waals surface area contributed by atoms with Crippen LogP contribution in [0.5, 0.6) is 11.5 Å².